The first-order chi connectivity index (χ1) is 31.7. The molecule has 0 unspecified atom stereocenters. The molecule has 302 valence electrons. The highest BCUT2D eigenvalue weighted by atomic mass is 16.3. The van der Waals surface area contributed by atoms with Crippen LogP contribution in [0.25, 0.3) is 77.3 Å². The smallest absolute Gasteiger partial charge is 0.159 e. The van der Waals surface area contributed by atoms with E-state index < -0.39 is 0 Å². The molecule has 2 aromatic heterocycles. The molecule has 0 saturated carbocycles. The monoisotopic (exact) mass is 820 g/mol. The summed E-state index contributed by atoms with van der Waals surface area (Å²) in [5, 5.41) is 4.32. The molecule has 4 heteroatoms. The molecule has 0 aliphatic carbocycles. The van der Waals surface area contributed by atoms with Crippen LogP contribution in [0, 0.1) is 0 Å². The molecule has 0 spiro atoms. The molecule has 0 N–H and O–H groups in total. The van der Waals surface area contributed by atoms with Crippen molar-refractivity contribution in [2.45, 2.75) is 0 Å². The summed E-state index contributed by atoms with van der Waals surface area (Å²) in [4.78, 5) is 4.58. The first-order valence-electron chi connectivity index (χ1n) is 21.7. The zero-order valence-corrected chi connectivity index (χ0v) is 34.8. The molecule has 4 nitrogen and oxygen atoms in total. The van der Waals surface area contributed by atoms with E-state index in [0.717, 1.165) is 89.1 Å². The van der Waals surface area contributed by atoms with Crippen molar-refractivity contribution >= 4 is 78.0 Å². The lowest BCUT2D eigenvalue weighted by Crippen LogP contribution is -2.10. The summed E-state index contributed by atoms with van der Waals surface area (Å²) < 4.78 is 13.3. The molecule has 0 amide bonds. The minimum Gasteiger partial charge on any atom is -0.454 e. The Morgan fingerprint density at radius 3 is 0.969 bits per heavy atom. The molecule has 10 aromatic carbocycles. The van der Waals surface area contributed by atoms with Gasteiger partial charge >= 0.3 is 0 Å². The van der Waals surface area contributed by atoms with Gasteiger partial charge in [-0.15, -0.1) is 0 Å². The van der Waals surface area contributed by atoms with Crippen LogP contribution in [0.15, 0.2) is 251 Å². The Hall–Kier alpha value is -8.60. The second kappa shape index (κ2) is 15.7. The molecule has 0 saturated heterocycles. The van der Waals surface area contributed by atoms with E-state index in [2.05, 4.69) is 228 Å². The fraction of sp³-hybridized carbons (Fsp3) is 0. The highest BCUT2D eigenvalue weighted by Gasteiger charge is 2.23. The molecule has 0 radical (unpaired) electrons. The SMILES string of the molecule is c1ccc(-c2ccc(-c3ccc(N(c4ccccc4)c4ccc(-c5ccc(N(c6cccc7c6oc6ccccc67)c6cccc7c6oc6ccccc67)cc5)cc4)cc3)cc2)cc1. The largest absolute Gasteiger partial charge is 0.454 e. The van der Waals surface area contributed by atoms with Gasteiger partial charge < -0.3 is 18.6 Å². The van der Waals surface area contributed by atoms with E-state index in [0.29, 0.717) is 0 Å². The number of hydrogen-bond donors (Lipinski definition) is 0. The Kier molecular flexibility index (Phi) is 9.12. The van der Waals surface area contributed by atoms with Crippen LogP contribution in [0.5, 0.6) is 0 Å². The van der Waals surface area contributed by atoms with Gasteiger partial charge in [-0.25, -0.2) is 0 Å². The summed E-state index contributed by atoms with van der Waals surface area (Å²) in [5.74, 6) is 0. The predicted molar refractivity (Wildman–Crippen MR) is 267 cm³/mol. The predicted octanol–water partition coefficient (Wildman–Crippen LogP) is 17.4. The van der Waals surface area contributed by atoms with Crippen molar-refractivity contribution in [2.24, 2.45) is 0 Å². The summed E-state index contributed by atoms with van der Waals surface area (Å²) in [7, 11) is 0. The number of para-hydroxylation sites is 5. The number of rotatable bonds is 9. The zero-order valence-electron chi connectivity index (χ0n) is 34.8. The Morgan fingerprint density at radius 2 is 0.531 bits per heavy atom. The molecule has 2 heterocycles. The van der Waals surface area contributed by atoms with E-state index in [-0.39, 0.29) is 0 Å². The quantitative estimate of drug-likeness (QED) is 0.145. The standard InChI is InChI=1S/C60H40N2O2/c1-3-13-41(14-4-1)42-25-27-43(28-26-42)44-29-35-48(36-30-44)61(47-15-5-2-6-16-47)49-37-31-45(32-38-49)46-33-39-50(40-34-46)62(55-21-11-19-53-51-17-7-9-23-57(51)63-59(53)55)56-22-12-20-54-52-18-8-10-24-58(52)64-60(54)56/h1-40H. The van der Waals surface area contributed by atoms with Crippen LogP contribution in [0.3, 0.4) is 0 Å². The van der Waals surface area contributed by atoms with Crippen molar-refractivity contribution in [1.29, 1.82) is 0 Å². The highest BCUT2D eigenvalue weighted by Crippen LogP contribution is 2.46. The maximum absolute atomic E-state index is 6.63. The van der Waals surface area contributed by atoms with Gasteiger partial charge in [-0.3, -0.25) is 0 Å². The van der Waals surface area contributed by atoms with Gasteiger partial charge in [-0.2, -0.15) is 0 Å². The molecular weight excluding hydrogens is 781 g/mol. The molecule has 0 bridgehead atoms. The van der Waals surface area contributed by atoms with E-state index in [9.17, 15) is 0 Å². The zero-order chi connectivity index (χ0) is 42.4. The van der Waals surface area contributed by atoms with Crippen molar-refractivity contribution in [2.75, 3.05) is 9.80 Å². The second-order valence-corrected chi connectivity index (χ2v) is 16.1. The van der Waals surface area contributed by atoms with Gasteiger partial charge in [0, 0.05) is 44.3 Å². The van der Waals surface area contributed by atoms with Gasteiger partial charge in [-0.05, 0) is 106 Å². The fourth-order valence-electron chi connectivity index (χ4n) is 9.14. The Labute approximate surface area is 371 Å². The van der Waals surface area contributed by atoms with Gasteiger partial charge in [0.25, 0.3) is 0 Å². The minimum atomic E-state index is 0.826. The Morgan fingerprint density at radius 1 is 0.219 bits per heavy atom. The first-order valence-corrected chi connectivity index (χ1v) is 21.7. The van der Waals surface area contributed by atoms with Crippen LogP contribution in [-0.2, 0) is 0 Å². The van der Waals surface area contributed by atoms with Crippen molar-refractivity contribution in [3.8, 4) is 33.4 Å². The molecule has 12 rings (SSSR count). The lowest BCUT2D eigenvalue weighted by Gasteiger charge is -2.26. The third-order valence-electron chi connectivity index (χ3n) is 12.3. The molecule has 0 aliphatic rings. The van der Waals surface area contributed by atoms with E-state index in [1.807, 2.05) is 24.3 Å². The lowest BCUT2D eigenvalue weighted by atomic mass is 10.00. The summed E-state index contributed by atoms with van der Waals surface area (Å²) >= 11 is 0. The third-order valence-corrected chi connectivity index (χ3v) is 12.3. The Balaban J connectivity index is 0.886. The van der Waals surface area contributed by atoms with Crippen LogP contribution >= 0.6 is 0 Å². The number of nitrogens with zero attached hydrogens (tertiary/aromatic N) is 2. The van der Waals surface area contributed by atoms with Crippen LogP contribution in [-0.4, -0.2) is 0 Å². The summed E-state index contributed by atoms with van der Waals surface area (Å²) in [6, 6.07) is 85.6. The van der Waals surface area contributed by atoms with E-state index in [4.69, 9.17) is 8.83 Å². The summed E-state index contributed by atoms with van der Waals surface area (Å²) in [6.45, 7) is 0. The van der Waals surface area contributed by atoms with E-state index >= 15 is 0 Å². The van der Waals surface area contributed by atoms with Crippen LogP contribution < -0.4 is 9.80 Å². The molecule has 0 atom stereocenters. The number of hydrogen-bond acceptors (Lipinski definition) is 4. The molecule has 0 aliphatic heterocycles. The Bertz CT molecular complexity index is 3460. The number of fused-ring (bicyclic) bond motifs is 6. The minimum absolute atomic E-state index is 0.826. The van der Waals surface area contributed by atoms with Crippen molar-refractivity contribution < 1.29 is 8.83 Å². The van der Waals surface area contributed by atoms with Crippen molar-refractivity contribution in [3.63, 3.8) is 0 Å². The van der Waals surface area contributed by atoms with Gasteiger partial charge in [-0.1, -0.05) is 170 Å². The molecular formula is C60H40N2O2. The molecule has 12 aromatic rings. The van der Waals surface area contributed by atoms with Gasteiger partial charge in [0.05, 0.1) is 11.4 Å². The van der Waals surface area contributed by atoms with Crippen LogP contribution in [0.1, 0.15) is 0 Å². The fourth-order valence-corrected chi connectivity index (χ4v) is 9.14. The highest BCUT2D eigenvalue weighted by molar-refractivity contribution is 6.14. The maximum Gasteiger partial charge on any atom is 0.159 e. The second-order valence-electron chi connectivity index (χ2n) is 16.1. The maximum atomic E-state index is 6.63. The average molecular weight is 821 g/mol. The van der Waals surface area contributed by atoms with Gasteiger partial charge in [0.1, 0.15) is 11.2 Å². The van der Waals surface area contributed by atoms with Crippen LogP contribution in [0.2, 0.25) is 0 Å². The normalized spacial score (nSPS) is 11.4. The number of benzene rings is 10. The van der Waals surface area contributed by atoms with E-state index in [1.165, 1.54) is 22.3 Å². The third kappa shape index (κ3) is 6.57. The van der Waals surface area contributed by atoms with Crippen LogP contribution in [0.4, 0.5) is 34.1 Å². The van der Waals surface area contributed by atoms with Crippen molar-refractivity contribution in [3.05, 3.63) is 243 Å². The summed E-state index contributed by atoms with van der Waals surface area (Å²) in [6.07, 6.45) is 0. The lowest BCUT2D eigenvalue weighted by molar-refractivity contribution is 0.666. The first kappa shape index (κ1) is 37.2. The molecule has 64 heavy (non-hydrogen) atoms. The van der Waals surface area contributed by atoms with Crippen molar-refractivity contribution in [1.82, 2.24) is 0 Å². The average Bonchev–Trinajstić information content (AvgIpc) is 3.95. The number of furan rings is 2. The number of anilines is 6. The van der Waals surface area contributed by atoms with Gasteiger partial charge in [0.2, 0.25) is 0 Å². The van der Waals surface area contributed by atoms with E-state index in [1.54, 1.807) is 0 Å². The molecule has 0 fully saturated rings. The van der Waals surface area contributed by atoms with Gasteiger partial charge in [0.15, 0.2) is 11.2 Å². The summed E-state index contributed by atoms with van der Waals surface area (Å²) in [5.41, 5.74) is 16.6. The topological polar surface area (TPSA) is 32.8 Å².